The molecule has 6 aromatic rings. The molecule has 6 rings (SSSR count). The number of aromatic amines is 1. The average molecular weight is 494 g/mol. The second-order valence-electron chi connectivity index (χ2n) is 8.08. The van der Waals surface area contributed by atoms with E-state index in [2.05, 4.69) is 46.0 Å². The Labute approximate surface area is 208 Å². The summed E-state index contributed by atoms with van der Waals surface area (Å²) in [7, 11) is 0. The van der Waals surface area contributed by atoms with Gasteiger partial charge in [-0.15, -0.1) is 10.2 Å². The summed E-state index contributed by atoms with van der Waals surface area (Å²) in [5.41, 5.74) is 4.54. The third-order valence-corrected chi connectivity index (χ3v) is 5.57. The number of hydrogen-bond acceptors (Lipinski definition) is 9. The van der Waals surface area contributed by atoms with Gasteiger partial charge in [0.25, 0.3) is 0 Å². The van der Waals surface area contributed by atoms with Crippen molar-refractivity contribution in [1.82, 2.24) is 39.7 Å². The summed E-state index contributed by atoms with van der Waals surface area (Å²) in [4.78, 5) is 23.9. The number of H-pyrrole nitrogens is 1. The molecule has 4 aromatic heterocycles. The van der Waals surface area contributed by atoms with Crippen LogP contribution in [-0.2, 0) is 0 Å². The maximum atomic E-state index is 10.9. The van der Waals surface area contributed by atoms with Crippen LogP contribution in [0.1, 0.15) is 5.56 Å². The Balaban J connectivity index is 1.26. The zero-order valence-corrected chi connectivity index (χ0v) is 19.2. The molecule has 182 valence electrons. The van der Waals surface area contributed by atoms with E-state index in [0.717, 1.165) is 27.7 Å². The molecule has 0 atom stereocenters. The van der Waals surface area contributed by atoms with Crippen LogP contribution in [0.2, 0.25) is 0 Å². The molecule has 0 saturated carbocycles. The van der Waals surface area contributed by atoms with Gasteiger partial charge < -0.3 is 15.2 Å². The largest absolute Gasteiger partial charge is 0.465 e. The summed E-state index contributed by atoms with van der Waals surface area (Å²) < 4.78 is 7.65. The van der Waals surface area contributed by atoms with Crippen LogP contribution in [0.5, 0.6) is 11.6 Å². The first-order valence-corrected chi connectivity index (χ1v) is 11.0. The molecule has 0 spiro atoms. The van der Waals surface area contributed by atoms with Crippen molar-refractivity contribution in [3.05, 3.63) is 73.1 Å². The number of aryl methyl sites for hydroxylation is 1. The molecule has 0 bridgehead atoms. The average Bonchev–Trinajstić information content (AvgIpc) is 3.55. The molecule has 0 radical (unpaired) electrons. The lowest BCUT2D eigenvalue weighted by Crippen LogP contribution is -2.07. The first-order valence-electron chi connectivity index (χ1n) is 11.0. The number of carbonyl (C=O) groups is 1. The van der Waals surface area contributed by atoms with Crippen LogP contribution in [-0.4, -0.2) is 50.9 Å². The van der Waals surface area contributed by atoms with Gasteiger partial charge in [0.2, 0.25) is 5.88 Å². The highest BCUT2D eigenvalue weighted by atomic mass is 16.5. The Kier molecular flexibility index (Phi) is 5.26. The molecule has 0 aliphatic heterocycles. The van der Waals surface area contributed by atoms with Crippen LogP contribution >= 0.6 is 0 Å². The van der Waals surface area contributed by atoms with E-state index in [1.165, 1.54) is 6.33 Å². The van der Waals surface area contributed by atoms with Gasteiger partial charge in [-0.2, -0.15) is 5.10 Å². The lowest BCUT2D eigenvalue weighted by molar-refractivity contribution is 0.209. The monoisotopic (exact) mass is 494 g/mol. The Bertz CT molecular complexity index is 1780. The molecule has 13 heteroatoms. The first-order chi connectivity index (χ1) is 18.0. The quantitative estimate of drug-likeness (QED) is 0.260. The summed E-state index contributed by atoms with van der Waals surface area (Å²) in [6.07, 6.45) is 3.47. The number of nitrogens with zero attached hydrogens (tertiary/aromatic N) is 7. The maximum absolute atomic E-state index is 10.9. The van der Waals surface area contributed by atoms with Gasteiger partial charge in [-0.1, -0.05) is 6.07 Å². The Morgan fingerprint density at radius 2 is 1.97 bits per heavy atom. The predicted molar refractivity (Wildman–Crippen MR) is 134 cm³/mol. The van der Waals surface area contributed by atoms with Crippen LogP contribution in [0.4, 0.5) is 22.1 Å². The number of aromatic nitrogens is 8. The fraction of sp³-hybridized carbons (Fsp3) is 0.0417. The molecule has 0 fully saturated rings. The van der Waals surface area contributed by atoms with Crippen LogP contribution in [0, 0.1) is 6.92 Å². The van der Waals surface area contributed by atoms with Crippen molar-refractivity contribution in [3.63, 3.8) is 0 Å². The molecule has 4 N–H and O–H groups in total. The van der Waals surface area contributed by atoms with Gasteiger partial charge in [0.15, 0.2) is 11.5 Å². The topological polar surface area (TPSA) is 168 Å². The predicted octanol–water partition coefficient (Wildman–Crippen LogP) is 4.39. The molecule has 0 saturated heterocycles. The molecule has 0 unspecified atom stereocenters. The lowest BCUT2D eigenvalue weighted by atomic mass is 10.1. The third kappa shape index (κ3) is 4.43. The fourth-order valence-corrected chi connectivity index (χ4v) is 3.82. The van der Waals surface area contributed by atoms with E-state index in [0.29, 0.717) is 28.8 Å². The zero-order valence-electron chi connectivity index (χ0n) is 19.2. The highest BCUT2D eigenvalue weighted by Crippen LogP contribution is 2.31. The number of ether oxygens (including phenoxy) is 1. The fourth-order valence-electron chi connectivity index (χ4n) is 3.82. The normalized spacial score (nSPS) is 11.1. The minimum Gasteiger partial charge on any atom is -0.465 e. The zero-order chi connectivity index (χ0) is 25.4. The first kappa shape index (κ1) is 21.9. The van der Waals surface area contributed by atoms with Gasteiger partial charge in [-0.25, -0.2) is 19.7 Å². The second kappa shape index (κ2) is 8.88. The number of nitrogens with one attached hydrogen (secondary N) is 3. The Hall–Kier alpha value is -5.59. The van der Waals surface area contributed by atoms with Gasteiger partial charge in [-0.3, -0.25) is 14.8 Å². The van der Waals surface area contributed by atoms with Gasteiger partial charge in [0.05, 0.1) is 11.2 Å². The van der Waals surface area contributed by atoms with Crippen molar-refractivity contribution < 1.29 is 14.6 Å². The lowest BCUT2D eigenvalue weighted by Gasteiger charge is -2.12. The standard InChI is InChI=1S/C24H18N10O3/c1-13-6-15(3-5-19(13)37-22-9-21-33-28-12-34(21)11-27-22)29-23-16-7-14(2-4-17(16)25-10-26-23)18-8-20(32-31-18)30-24(35)36/h2-12H,1H3,(H,35,36)(H,25,26,29)(H2,30,31,32). The molecule has 13 nitrogen and oxygen atoms in total. The van der Waals surface area contributed by atoms with Crippen LogP contribution in [0.15, 0.2) is 67.5 Å². The van der Waals surface area contributed by atoms with Crippen LogP contribution in [0.3, 0.4) is 0 Å². The van der Waals surface area contributed by atoms with Crippen molar-refractivity contribution in [2.75, 3.05) is 10.6 Å². The van der Waals surface area contributed by atoms with Crippen molar-refractivity contribution in [2.24, 2.45) is 0 Å². The molecule has 37 heavy (non-hydrogen) atoms. The summed E-state index contributed by atoms with van der Waals surface area (Å²) in [5, 5.41) is 29.9. The van der Waals surface area contributed by atoms with Gasteiger partial charge in [0, 0.05) is 28.8 Å². The molecule has 4 heterocycles. The number of rotatable bonds is 6. The minimum atomic E-state index is -1.18. The summed E-state index contributed by atoms with van der Waals surface area (Å²) in [6, 6.07) is 14.7. The van der Waals surface area contributed by atoms with E-state index in [1.54, 1.807) is 29.2 Å². The van der Waals surface area contributed by atoms with E-state index in [-0.39, 0.29) is 5.82 Å². The van der Waals surface area contributed by atoms with E-state index in [4.69, 9.17) is 9.84 Å². The number of anilines is 3. The maximum Gasteiger partial charge on any atom is 0.410 e. The van der Waals surface area contributed by atoms with Gasteiger partial charge in [-0.05, 0) is 42.8 Å². The smallest absolute Gasteiger partial charge is 0.410 e. The number of hydrogen-bond donors (Lipinski definition) is 4. The summed E-state index contributed by atoms with van der Waals surface area (Å²) >= 11 is 0. The van der Waals surface area contributed by atoms with Crippen molar-refractivity contribution in [1.29, 1.82) is 0 Å². The Morgan fingerprint density at radius 3 is 2.84 bits per heavy atom. The van der Waals surface area contributed by atoms with Crippen LogP contribution in [0.25, 0.3) is 27.8 Å². The summed E-state index contributed by atoms with van der Waals surface area (Å²) in [5.74, 6) is 1.89. The molecular weight excluding hydrogens is 476 g/mol. The minimum absolute atomic E-state index is 0.208. The van der Waals surface area contributed by atoms with E-state index in [1.807, 2.05) is 43.3 Å². The molecular formula is C24H18N10O3. The van der Waals surface area contributed by atoms with Gasteiger partial charge >= 0.3 is 6.09 Å². The van der Waals surface area contributed by atoms with E-state index < -0.39 is 6.09 Å². The molecule has 0 aliphatic rings. The summed E-state index contributed by atoms with van der Waals surface area (Å²) in [6.45, 7) is 1.94. The SMILES string of the molecule is Cc1cc(Nc2ncnc3ccc(-c4cc(NC(=O)O)n[nH]4)cc23)ccc1Oc1cc2nncn2cn1. The van der Waals surface area contributed by atoms with Crippen molar-refractivity contribution >= 4 is 40.0 Å². The number of fused-ring (bicyclic) bond motifs is 2. The highest BCUT2D eigenvalue weighted by molar-refractivity contribution is 5.94. The second-order valence-corrected chi connectivity index (χ2v) is 8.08. The molecule has 0 aliphatic carbocycles. The number of benzene rings is 2. The molecule has 2 aromatic carbocycles. The number of carboxylic acid groups (broad SMARTS) is 1. The van der Waals surface area contributed by atoms with Crippen molar-refractivity contribution in [2.45, 2.75) is 6.92 Å². The molecule has 1 amide bonds. The van der Waals surface area contributed by atoms with Crippen molar-refractivity contribution in [3.8, 4) is 22.9 Å². The van der Waals surface area contributed by atoms with E-state index in [9.17, 15) is 4.79 Å². The highest BCUT2D eigenvalue weighted by Gasteiger charge is 2.11. The van der Waals surface area contributed by atoms with E-state index >= 15 is 0 Å². The van der Waals surface area contributed by atoms with Gasteiger partial charge in [0.1, 0.15) is 30.5 Å². The third-order valence-electron chi connectivity index (χ3n) is 5.57. The van der Waals surface area contributed by atoms with Crippen LogP contribution < -0.4 is 15.4 Å². The Morgan fingerprint density at radius 1 is 1.05 bits per heavy atom. The number of amides is 1.